The van der Waals surface area contributed by atoms with Crippen molar-refractivity contribution in [1.82, 2.24) is 0 Å². The molecule has 2 aliphatic carbocycles. The van der Waals surface area contributed by atoms with Crippen LogP contribution in [-0.4, -0.2) is 81.3 Å². The van der Waals surface area contributed by atoms with E-state index in [9.17, 15) is 34.2 Å². The van der Waals surface area contributed by atoms with E-state index in [1.54, 1.807) is 40.7 Å². The van der Waals surface area contributed by atoms with Gasteiger partial charge in [0, 0.05) is 31.4 Å². The van der Waals surface area contributed by atoms with Crippen LogP contribution in [0.1, 0.15) is 101 Å². The first-order chi connectivity index (χ1) is 21.7. The lowest BCUT2D eigenvalue weighted by atomic mass is 9.75. The van der Waals surface area contributed by atoms with Gasteiger partial charge in [-0.2, -0.15) is 0 Å². The normalized spacial score (nSPS) is 33.9. The maximum atomic E-state index is 13.4. The number of rotatable bonds is 11. The molecule has 0 amide bonds. The van der Waals surface area contributed by atoms with Crippen molar-refractivity contribution in [3.05, 3.63) is 34.4 Å². The molecule has 0 bridgehead atoms. The minimum Gasteiger partial charge on any atom is -0.459 e. The van der Waals surface area contributed by atoms with E-state index in [1.165, 1.54) is 19.9 Å². The van der Waals surface area contributed by atoms with Crippen molar-refractivity contribution < 1.29 is 57.9 Å². The van der Waals surface area contributed by atoms with Crippen LogP contribution in [0, 0.1) is 11.8 Å². The van der Waals surface area contributed by atoms with Gasteiger partial charge in [0.05, 0.1) is 5.92 Å². The summed E-state index contributed by atoms with van der Waals surface area (Å²) in [6, 6.07) is 0. The average Bonchev–Trinajstić information content (AvgIpc) is 3.30. The second-order valence-electron chi connectivity index (χ2n) is 13.7. The van der Waals surface area contributed by atoms with Gasteiger partial charge in [-0.05, 0) is 72.0 Å². The zero-order valence-corrected chi connectivity index (χ0v) is 29.1. The van der Waals surface area contributed by atoms with Gasteiger partial charge in [-0.1, -0.05) is 38.3 Å². The predicted molar refractivity (Wildman–Crippen MR) is 168 cm³/mol. The third kappa shape index (κ3) is 7.33. The fourth-order valence-corrected chi connectivity index (χ4v) is 6.81. The molecule has 1 aliphatic heterocycles. The number of aliphatic hydroxyl groups is 2. The summed E-state index contributed by atoms with van der Waals surface area (Å²) in [6.07, 6.45) is -1.28. The molecule has 0 radical (unpaired) electrons. The maximum absolute atomic E-state index is 13.4. The molecule has 262 valence electrons. The Morgan fingerprint density at radius 2 is 1.70 bits per heavy atom. The van der Waals surface area contributed by atoms with Gasteiger partial charge in [0.1, 0.15) is 11.7 Å². The van der Waals surface area contributed by atoms with Crippen LogP contribution in [0.15, 0.2) is 34.4 Å². The van der Waals surface area contributed by atoms with Crippen molar-refractivity contribution in [3.8, 4) is 0 Å². The highest BCUT2D eigenvalue weighted by Crippen LogP contribution is 2.57. The molecule has 0 aromatic carbocycles. The van der Waals surface area contributed by atoms with Gasteiger partial charge in [-0.3, -0.25) is 9.59 Å². The predicted octanol–water partition coefficient (Wildman–Crippen LogP) is 3.95. The molecule has 1 unspecified atom stereocenters. The molecule has 0 aromatic rings. The van der Waals surface area contributed by atoms with Gasteiger partial charge >= 0.3 is 29.8 Å². The van der Waals surface area contributed by atoms with Crippen LogP contribution >= 0.6 is 0 Å². The topological polar surface area (TPSA) is 172 Å². The molecule has 0 aromatic heterocycles. The minimum atomic E-state index is -2.61. The standard InChI is InChI=1S/C35H50O12/c1-11-19(5)14-13-15-24(37)44-29-27-26(21(7)28(29)45-31(39)20(6)12-2)30-35(42,34(10,41)32(40)46-30)23(43-25(38)16-18(3)4)17-33(27,9)47-22(8)36/h12,16,19,23,27-30,41-42H,11,13-15,17H2,1-10H3/b20-12-/t19?,23-,27+,28-,29+,30-,33-,34+,35+/m0/s1. The molecule has 3 rings (SSSR count). The zero-order valence-electron chi connectivity index (χ0n) is 29.1. The number of ether oxygens (including phenoxy) is 5. The second-order valence-corrected chi connectivity index (χ2v) is 13.7. The van der Waals surface area contributed by atoms with Gasteiger partial charge < -0.3 is 33.9 Å². The third-order valence-corrected chi connectivity index (χ3v) is 9.74. The van der Waals surface area contributed by atoms with Crippen molar-refractivity contribution in [1.29, 1.82) is 0 Å². The average molecular weight is 663 g/mol. The van der Waals surface area contributed by atoms with Crippen LogP contribution in [0.2, 0.25) is 0 Å². The van der Waals surface area contributed by atoms with Gasteiger partial charge in [-0.25, -0.2) is 14.4 Å². The van der Waals surface area contributed by atoms with E-state index in [4.69, 9.17) is 23.7 Å². The molecule has 1 saturated carbocycles. The summed E-state index contributed by atoms with van der Waals surface area (Å²) in [6.45, 7) is 16.0. The minimum absolute atomic E-state index is 0.0563. The number of allylic oxidation sites excluding steroid dienone is 2. The number of hydrogen-bond donors (Lipinski definition) is 2. The first kappa shape index (κ1) is 37.9. The molecule has 2 fully saturated rings. The molecule has 0 spiro atoms. The number of esters is 5. The van der Waals surface area contributed by atoms with Crippen LogP contribution in [0.25, 0.3) is 0 Å². The lowest BCUT2D eigenvalue weighted by Gasteiger charge is -2.41. The monoisotopic (exact) mass is 662 g/mol. The highest BCUT2D eigenvalue weighted by atomic mass is 16.6. The van der Waals surface area contributed by atoms with Crippen LogP contribution in [0.5, 0.6) is 0 Å². The van der Waals surface area contributed by atoms with E-state index in [1.807, 2.05) is 0 Å². The van der Waals surface area contributed by atoms with Crippen LogP contribution < -0.4 is 0 Å². The summed E-state index contributed by atoms with van der Waals surface area (Å²) >= 11 is 0. The number of carbonyl (C=O) groups excluding carboxylic acids is 5. The van der Waals surface area contributed by atoms with Gasteiger partial charge in [-0.15, -0.1) is 0 Å². The van der Waals surface area contributed by atoms with Crippen molar-refractivity contribution in [2.45, 2.75) is 143 Å². The van der Waals surface area contributed by atoms with Crippen LogP contribution in [0.4, 0.5) is 0 Å². The molecule has 3 aliphatic rings. The first-order valence-electron chi connectivity index (χ1n) is 16.2. The van der Waals surface area contributed by atoms with Crippen molar-refractivity contribution >= 4 is 29.8 Å². The Morgan fingerprint density at radius 1 is 1.06 bits per heavy atom. The van der Waals surface area contributed by atoms with E-state index in [-0.39, 0.29) is 23.1 Å². The smallest absolute Gasteiger partial charge is 0.341 e. The fourth-order valence-electron chi connectivity index (χ4n) is 6.81. The van der Waals surface area contributed by atoms with E-state index < -0.39 is 83.4 Å². The summed E-state index contributed by atoms with van der Waals surface area (Å²) < 4.78 is 29.3. The summed E-state index contributed by atoms with van der Waals surface area (Å²) in [5, 5.41) is 23.9. The molecule has 9 atom stereocenters. The molecular weight excluding hydrogens is 612 g/mol. The molecule has 2 N–H and O–H groups in total. The number of fused-ring (bicyclic) bond motifs is 3. The van der Waals surface area contributed by atoms with Gasteiger partial charge in [0.15, 0.2) is 29.5 Å². The summed E-state index contributed by atoms with van der Waals surface area (Å²) in [4.78, 5) is 65.4. The Kier molecular flexibility index (Phi) is 11.6. The number of hydrogen-bond acceptors (Lipinski definition) is 12. The molecular formula is C35H50O12. The van der Waals surface area contributed by atoms with Crippen molar-refractivity contribution in [2.24, 2.45) is 11.8 Å². The Bertz CT molecular complexity index is 1370. The van der Waals surface area contributed by atoms with Crippen molar-refractivity contribution in [3.63, 3.8) is 0 Å². The molecule has 1 heterocycles. The Balaban J connectivity index is 2.27. The van der Waals surface area contributed by atoms with Crippen LogP contribution in [0.3, 0.4) is 0 Å². The molecule has 12 nitrogen and oxygen atoms in total. The Labute approximate surface area is 276 Å². The summed E-state index contributed by atoms with van der Waals surface area (Å²) in [5.74, 6) is -4.89. The van der Waals surface area contributed by atoms with Crippen LogP contribution in [-0.2, 0) is 47.7 Å². The van der Waals surface area contributed by atoms with Gasteiger partial charge in [0.25, 0.3) is 0 Å². The second kappa shape index (κ2) is 14.3. The van der Waals surface area contributed by atoms with E-state index in [2.05, 4.69) is 13.8 Å². The highest BCUT2D eigenvalue weighted by Gasteiger charge is 2.76. The third-order valence-electron chi connectivity index (χ3n) is 9.74. The Morgan fingerprint density at radius 3 is 2.26 bits per heavy atom. The lowest BCUT2D eigenvalue weighted by molar-refractivity contribution is -0.210. The van der Waals surface area contributed by atoms with E-state index in [0.717, 1.165) is 19.8 Å². The summed E-state index contributed by atoms with van der Waals surface area (Å²) in [5.41, 5.74) is -5.69. The first-order valence-corrected chi connectivity index (χ1v) is 16.2. The molecule has 1 saturated heterocycles. The molecule has 12 heteroatoms. The van der Waals surface area contributed by atoms with E-state index in [0.29, 0.717) is 17.9 Å². The SMILES string of the molecule is C/C=C(/C)C(=O)O[C@H]1C(C)=C2[C@H]([C@H]1OC(=O)CCCC(C)CC)[C@@](C)(OC(C)=O)C[C@H](OC(=O)C=C(C)C)[C@@]1(O)[C@H]2OC(=O)[C@@]1(C)O. The summed E-state index contributed by atoms with van der Waals surface area (Å²) in [7, 11) is 0. The quantitative estimate of drug-likeness (QED) is 0.141. The number of carbonyl (C=O) groups is 5. The van der Waals surface area contributed by atoms with Gasteiger partial charge in [0.2, 0.25) is 0 Å². The Hall–Kier alpha value is -3.51. The zero-order chi connectivity index (χ0) is 35.6. The molecule has 47 heavy (non-hydrogen) atoms. The largest absolute Gasteiger partial charge is 0.459 e. The van der Waals surface area contributed by atoms with E-state index >= 15 is 0 Å². The van der Waals surface area contributed by atoms with Crippen molar-refractivity contribution in [2.75, 3.05) is 0 Å². The highest BCUT2D eigenvalue weighted by molar-refractivity contribution is 5.88. The maximum Gasteiger partial charge on any atom is 0.341 e. The lowest BCUT2D eigenvalue weighted by Crippen LogP contribution is -2.64. The fraction of sp³-hybridized carbons (Fsp3) is 0.686.